The monoisotopic (exact) mass is 317 g/mol. The average molecular weight is 318 g/mol. The molecule has 3 aromatic rings. The molecule has 0 spiro atoms. The van der Waals surface area contributed by atoms with Gasteiger partial charge in [0.15, 0.2) is 5.13 Å². The van der Waals surface area contributed by atoms with E-state index in [1.54, 1.807) is 6.07 Å². The van der Waals surface area contributed by atoms with Crippen molar-refractivity contribution in [3.05, 3.63) is 52.3 Å². The van der Waals surface area contributed by atoms with Crippen LogP contribution in [0.3, 0.4) is 0 Å². The summed E-state index contributed by atoms with van der Waals surface area (Å²) in [5.41, 5.74) is 3.59. The minimum absolute atomic E-state index is 0.282. The minimum Gasteiger partial charge on any atom is -0.298 e. The quantitative estimate of drug-likeness (QED) is 0.770. The number of carbonyl (C=O) groups is 1. The number of pyridine rings is 1. The molecular formula is C15H12ClN3OS. The van der Waals surface area contributed by atoms with Gasteiger partial charge in [-0.3, -0.25) is 15.1 Å². The van der Waals surface area contributed by atoms with Crippen LogP contribution in [0.5, 0.6) is 0 Å². The second-order valence-electron chi connectivity index (χ2n) is 4.76. The fraction of sp³-hybridized carbons (Fsp3) is 0.133. The van der Waals surface area contributed by atoms with E-state index in [1.807, 2.05) is 13.8 Å². The maximum absolute atomic E-state index is 12.2. The third kappa shape index (κ3) is 2.75. The number of nitrogens with zero attached hydrogens (tertiary/aromatic N) is 2. The maximum Gasteiger partial charge on any atom is 0.259 e. The first-order valence-electron chi connectivity index (χ1n) is 6.33. The molecule has 106 valence electrons. The van der Waals surface area contributed by atoms with Crippen LogP contribution < -0.4 is 5.32 Å². The number of aromatic nitrogens is 2. The zero-order valence-electron chi connectivity index (χ0n) is 11.5. The lowest BCUT2D eigenvalue weighted by Gasteiger charge is -2.02. The second-order valence-corrected chi connectivity index (χ2v) is 6.20. The zero-order chi connectivity index (χ0) is 15.0. The number of benzene rings is 1. The van der Waals surface area contributed by atoms with Gasteiger partial charge in [-0.25, -0.2) is 4.98 Å². The minimum atomic E-state index is -0.282. The van der Waals surface area contributed by atoms with Crippen molar-refractivity contribution in [2.75, 3.05) is 5.32 Å². The second kappa shape index (κ2) is 5.42. The molecule has 1 aromatic carbocycles. The van der Waals surface area contributed by atoms with Gasteiger partial charge in [0.25, 0.3) is 5.91 Å². The summed E-state index contributed by atoms with van der Waals surface area (Å²) >= 11 is 7.42. The van der Waals surface area contributed by atoms with Crippen LogP contribution in [-0.4, -0.2) is 15.9 Å². The highest BCUT2D eigenvalue weighted by molar-refractivity contribution is 7.22. The van der Waals surface area contributed by atoms with Crippen LogP contribution in [0.2, 0.25) is 5.02 Å². The van der Waals surface area contributed by atoms with Gasteiger partial charge in [-0.2, -0.15) is 0 Å². The Morgan fingerprint density at radius 1 is 1.33 bits per heavy atom. The Morgan fingerprint density at radius 2 is 2.14 bits per heavy atom. The van der Waals surface area contributed by atoms with E-state index in [4.69, 9.17) is 11.6 Å². The molecule has 21 heavy (non-hydrogen) atoms. The predicted octanol–water partition coefficient (Wildman–Crippen LogP) is 4.21. The molecule has 0 radical (unpaired) electrons. The molecule has 1 N–H and O–H groups in total. The van der Waals surface area contributed by atoms with Gasteiger partial charge in [0, 0.05) is 12.4 Å². The van der Waals surface area contributed by atoms with Crippen LogP contribution in [0.15, 0.2) is 30.6 Å². The van der Waals surface area contributed by atoms with Crippen LogP contribution in [0.25, 0.3) is 10.2 Å². The smallest absolute Gasteiger partial charge is 0.259 e. The van der Waals surface area contributed by atoms with Crippen LogP contribution in [0.4, 0.5) is 5.13 Å². The standard InChI is InChI=1S/C15H12ClN3OS/c1-8-5-9(2)13-12(6-8)21-15(18-13)19-14(20)10-3-4-17-7-11(10)16/h3-7H,1-2H3,(H,18,19,20). The first kappa shape index (κ1) is 14.0. The number of nitrogens with one attached hydrogen (secondary N) is 1. The fourth-order valence-electron chi connectivity index (χ4n) is 2.15. The van der Waals surface area contributed by atoms with Crippen molar-refractivity contribution in [1.29, 1.82) is 0 Å². The van der Waals surface area contributed by atoms with E-state index in [9.17, 15) is 4.79 Å². The van der Waals surface area contributed by atoms with Gasteiger partial charge in [0.1, 0.15) is 0 Å². The zero-order valence-corrected chi connectivity index (χ0v) is 13.0. The molecule has 0 unspecified atom stereocenters. The Hall–Kier alpha value is -1.98. The number of halogens is 1. The van der Waals surface area contributed by atoms with E-state index in [0.29, 0.717) is 15.7 Å². The highest BCUT2D eigenvalue weighted by atomic mass is 35.5. The molecule has 0 bridgehead atoms. The third-order valence-corrected chi connectivity index (χ3v) is 4.29. The highest BCUT2D eigenvalue weighted by Gasteiger charge is 2.13. The van der Waals surface area contributed by atoms with E-state index in [1.165, 1.54) is 29.3 Å². The average Bonchev–Trinajstić information content (AvgIpc) is 2.81. The molecule has 0 aliphatic heterocycles. The maximum atomic E-state index is 12.2. The van der Waals surface area contributed by atoms with E-state index < -0.39 is 0 Å². The summed E-state index contributed by atoms with van der Waals surface area (Å²) in [7, 11) is 0. The SMILES string of the molecule is Cc1cc(C)c2nc(NC(=O)c3ccncc3Cl)sc2c1. The number of rotatable bonds is 2. The number of hydrogen-bond donors (Lipinski definition) is 1. The van der Waals surface area contributed by atoms with Crippen molar-refractivity contribution in [2.24, 2.45) is 0 Å². The van der Waals surface area contributed by atoms with Crippen molar-refractivity contribution in [3.63, 3.8) is 0 Å². The van der Waals surface area contributed by atoms with Crippen LogP contribution in [-0.2, 0) is 0 Å². The first-order valence-corrected chi connectivity index (χ1v) is 7.52. The molecule has 4 nitrogen and oxygen atoms in total. The van der Waals surface area contributed by atoms with E-state index in [0.717, 1.165) is 15.8 Å². The van der Waals surface area contributed by atoms with Gasteiger partial charge < -0.3 is 0 Å². The molecule has 2 aromatic heterocycles. The summed E-state index contributed by atoms with van der Waals surface area (Å²) in [6.45, 7) is 4.06. The Balaban J connectivity index is 1.94. The number of thiazole rings is 1. The predicted molar refractivity (Wildman–Crippen MR) is 86.3 cm³/mol. The molecule has 0 fully saturated rings. The van der Waals surface area contributed by atoms with E-state index >= 15 is 0 Å². The molecule has 3 rings (SSSR count). The summed E-state index contributed by atoms with van der Waals surface area (Å²) in [6, 6.07) is 5.73. The molecule has 0 atom stereocenters. The van der Waals surface area contributed by atoms with Crippen molar-refractivity contribution in [1.82, 2.24) is 9.97 Å². The molecule has 0 saturated heterocycles. The molecule has 0 saturated carbocycles. The van der Waals surface area contributed by atoms with E-state index in [2.05, 4.69) is 27.4 Å². The van der Waals surface area contributed by atoms with Crippen LogP contribution in [0.1, 0.15) is 21.5 Å². The van der Waals surface area contributed by atoms with Crippen molar-refractivity contribution >= 4 is 44.2 Å². The number of anilines is 1. The molecular weight excluding hydrogens is 306 g/mol. The lowest BCUT2D eigenvalue weighted by molar-refractivity contribution is 0.102. The molecule has 6 heteroatoms. The summed E-state index contributed by atoms with van der Waals surface area (Å²) < 4.78 is 1.06. The molecule has 1 amide bonds. The number of fused-ring (bicyclic) bond motifs is 1. The topological polar surface area (TPSA) is 54.9 Å². The normalized spacial score (nSPS) is 10.8. The first-order chi connectivity index (χ1) is 10.0. The van der Waals surface area contributed by atoms with Gasteiger partial charge in [0.2, 0.25) is 0 Å². The Bertz CT molecular complexity index is 844. The van der Waals surface area contributed by atoms with E-state index in [-0.39, 0.29) is 5.91 Å². The molecule has 0 aliphatic rings. The number of amides is 1. The largest absolute Gasteiger partial charge is 0.298 e. The summed E-state index contributed by atoms with van der Waals surface area (Å²) in [5, 5.41) is 3.68. The van der Waals surface area contributed by atoms with Crippen LogP contribution >= 0.6 is 22.9 Å². The number of carbonyl (C=O) groups excluding carboxylic acids is 1. The van der Waals surface area contributed by atoms with Crippen molar-refractivity contribution < 1.29 is 4.79 Å². The summed E-state index contributed by atoms with van der Waals surface area (Å²) in [5.74, 6) is -0.282. The van der Waals surface area contributed by atoms with Gasteiger partial charge >= 0.3 is 0 Å². The van der Waals surface area contributed by atoms with Crippen LogP contribution in [0, 0.1) is 13.8 Å². The van der Waals surface area contributed by atoms with Gasteiger partial charge in [-0.05, 0) is 37.1 Å². The van der Waals surface area contributed by atoms with Gasteiger partial charge in [-0.1, -0.05) is 29.0 Å². The lowest BCUT2D eigenvalue weighted by atomic mass is 10.1. The fourth-order valence-corrected chi connectivity index (χ4v) is 3.39. The lowest BCUT2D eigenvalue weighted by Crippen LogP contribution is -2.12. The van der Waals surface area contributed by atoms with Crippen molar-refractivity contribution in [3.8, 4) is 0 Å². The number of aryl methyl sites for hydroxylation is 2. The molecule has 2 heterocycles. The summed E-state index contributed by atoms with van der Waals surface area (Å²) in [6.07, 6.45) is 2.98. The van der Waals surface area contributed by atoms with Gasteiger partial charge in [-0.15, -0.1) is 0 Å². The summed E-state index contributed by atoms with van der Waals surface area (Å²) in [4.78, 5) is 20.5. The Morgan fingerprint density at radius 3 is 2.90 bits per heavy atom. The third-order valence-electron chi connectivity index (χ3n) is 3.07. The van der Waals surface area contributed by atoms with Crippen molar-refractivity contribution in [2.45, 2.75) is 13.8 Å². The molecule has 0 aliphatic carbocycles. The Kier molecular flexibility index (Phi) is 3.61. The van der Waals surface area contributed by atoms with Gasteiger partial charge in [0.05, 0.1) is 20.8 Å². The highest BCUT2D eigenvalue weighted by Crippen LogP contribution is 2.29. The Labute approximate surface area is 130 Å². The number of hydrogen-bond acceptors (Lipinski definition) is 4.